The van der Waals surface area contributed by atoms with Crippen LogP contribution >= 0.6 is 0 Å². The molecule has 0 amide bonds. The summed E-state index contributed by atoms with van der Waals surface area (Å²) in [6.45, 7) is 6.63. The van der Waals surface area contributed by atoms with E-state index in [0.29, 0.717) is 18.6 Å². The smallest absolute Gasteiger partial charge is 0.146 e. The predicted octanol–water partition coefficient (Wildman–Crippen LogP) is 2.95. The van der Waals surface area contributed by atoms with Gasteiger partial charge in [-0.25, -0.2) is 0 Å². The van der Waals surface area contributed by atoms with Gasteiger partial charge in [-0.3, -0.25) is 4.79 Å². The number of ether oxygens (including phenoxy) is 2. The molecule has 0 aromatic rings. The van der Waals surface area contributed by atoms with Crippen LogP contribution in [0.4, 0.5) is 0 Å². The molecule has 0 spiro atoms. The van der Waals surface area contributed by atoms with Crippen LogP contribution in [0.3, 0.4) is 0 Å². The summed E-state index contributed by atoms with van der Waals surface area (Å²) in [4.78, 5) is 11.0. The van der Waals surface area contributed by atoms with E-state index in [4.69, 9.17) is 9.47 Å². The fourth-order valence-corrected chi connectivity index (χ4v) is 4.17. The summed E-state index contributed by atoms with van der Waals surface area (Å²) in [5, 5.41) is 0. The second-order valence-corrected chi connectivity index (χ2v) is 5.94. The SMILES string of the molecule is C=C(C=O)[C@@H]1CC[C@@H]2[C@H](OCOC)CCC[C@]21C. The lowest BCUT2D eigenvalue weighted by Gasteiger charge is -2.44. The third-order valence-corrected chi connectivity index (χ3v) is 5.06. The van der Waals surface area contributed by atoms with E-state index in [1.54, 1.807) is 7.11 Å². The van der Waals surface area contributed by atoms with Crippen LogP contribution in [0.25, 0.3) is 0 Å². The summed E-state index contributed by atoms with van der Waals surface area (Å²) >= 11 is 0. The van der Waals surface area contributed by atoms with Crippen molar-refractivity contribution in [3.8, 4) is 0 Å². The van der Waals surface area contributed by atoms with Gasteiger partial charge in [-0.15, -0.1) is 0 Å². The van der Waals surface area contributed by atoms with E-state index in [2.05, 4.69) is 13.5 Å². The standard InChI is InChI=1S/C15H24O3/c1-11(9-16)12-6-7-13-14(18-10-17-3)5-4-8-15(12,13)2/h9,12-14H,1,4-8,10H2,2-3H3/t12-,13+,14+,15-/m0/s1. The number of methoxy groups -OCH3 is 1. The molecular formula is C15H24O3. The highest BCUT2D eigenvalue weighted by Crippen LogP contribution is 2.57. The highest BCUT2D eigenvalue weighted by atomic mass is 16.7. The number of hydrogen-bond donors (Lipinski definition) is 0. The van der Waals surface area contributed by atoms with E-state index in [9.17, 15) is 4.79 Å². The van der Waals surface area contributed by atoms with Crippen LogP contribution in [0.5, 0.6) is 0 Å². The molecule has 0 radical (unpaired) electrons. The van der Waals surface area contributed by atoms with Crippen molar-refractivity contribution >= 4 is 6.29 Å². The topological polar surface area (TPSA) is 35.5 Å². The highest BCUT2D eigenvalue weighted by molar-refractivity contribution is 5.73. The third-order valence-electron chi connectivity index (χ3n) is 5.06. The van der Waals surface area contributed by atoms with Gasteiger partial charge < -0.3 is 9.47 Å². The molecule has 0 N–H and O–H groups in total. The first-order valence-electron chi connectivity index (χ1n) is 6.88. The number of fused-ring (bicyclic) bond motifs is 1. The van der Waals surface area contributed by atoms with Gasteiger partial charge in [0.15, 0.2) is 0 Å². The van der Waals surface area contributed by atoms with Crippen molar-refractivity contribution in [2.24, 2.45) is 17.3 Å². The second kappa shape index (κ2) is 5.54. The molecule has 2 saturated carbocycles. The number of aldehydes is 1. The van der Waals surface area contributed by atoms with Crippen LogP contribution in [0, 0.1) is 17.3 Å². The second-order valence-electron chi connectivity index (χ2n) is 5.94. The van der Waals surface area contributed by atoms with Gasteiger partial charge in [0, 0.05) is 7.11 Å². The quantitative estimate of drug-likeness (QED) is 0.429. The fraction of sp³-hybridized carbons (Fsp3) is 0.800. The third kappa shape index (κ3) is 2.26. The lowest BCUT2D eigenvalue weighted by molar-refractivity contribution is -0.126. The average Bonchev–Trinajstić information content (AvgIpc) is 2.73. The number of carbonyl (C=O) groups excluding carboxylic acids is 1. The number of carbonyl (C=O) groups is 1. The summed E-state index contributed by atoms with van der Waals surface area (Å²) in [6, 6.07) is 0. The Hall–Kier alpha value is -0.670. The normalized spacial score (nSPS) is 39.3. The number of rotatable bonds is 5. The lowest BCUT2D eigenvalue weighted by atomic mass is 9.63. The minimum Gasteiger partial charge on any atom is -0.359 e. The van der Waals surface area contributed by atoms with Crippen LogP contribution in [0.15, 0.2) is 12.2 Å². The zero-order valence-electron chi connectivity index (χ0n) is 11.5. The van der Waals surface area contributed by atoms with Crippen molar-refractivity contribution in [2.45, 2.75) is 45.1 Å². The van der Waals surface area contributed by atoms with Gasteiger partial charge >= 0.3 is 0 Å². The molecule has 3 heteroatoms. The van der Waals surface area contributed by atoms with Crippen LogP contribution in [0.1, 0.15) is 39.0 Å². The van der Waals surface area contributed by atoms with Gasteiger partial charge in [0.25, 0.3) is 0 Å². The number of allylic oxidation sites excluding steroid dienone is 1. The summed E-state index contributed by atoms with van der Waals surface area (Å²) in [5.41, 5.74) is 0.960. The molecule has 2 fully saturated rings. The predicted molar refractivity (Wildman–Crippen MR) is 70.1 cm³/mol. The first kappa shape index (κ1) is 13.8. The Labute approximate surface area is 110 Å². The molecule has 0 aliphatic heterocycles. The van der Waals surface area contributed by atoms with Crippen molar-refractivity contribution in [3.05, 3.63) is 12.2 Å². The summed E-state index contributed by atoms with van der Waals surface area (Å²) in [5.74, 6) is 0.886. The van der Waals surface area contributed by atoms with Crippen LogP contribution < -0.4 is 0 Å². The number of hydrogen-bond acceptors (Lipinski definition) is 3. The largest absolute Gasteiger partial charge is 0.359 e. The van der Waals surface area contributed by atoms with E-state index in [1.165, 1.54) is 12.8 Å². The molecule has 2 aliphatic carbocycles. The minimum atomic E-state index is 0.189. The maximum Gasteiger partial charge on any atom is 0.146 e. The fourth-order valence-electron chi connectivity index (χ4n) is 4.17. The molecule has 18 heavy (non-hydrogen) atoms. The van der Waals surface area contributed by atoms with Crippen molar-refractivity contribution in [1.82, 2.24) is 0 Å². The van der Waals surface area contributed by atoms with E-state index in [-0.39, 0.29) is 11.5 Å². The molecule has 3 nitrogen and oxygen atoms in total. The Morgan fingerprint density at radius 1 is 1.44 bits per heavy atom. The van der Waals surface area contributed by atoms with Gasteiger partial charge in [-0.1, -0.05) is 19.9 Å². The molecule has 0 saturated heterocycles. The monoisotopic (exact) mass is 252 g/mol. The van der Waals surface area contributed by atoms with Gasteiger partial charge in [0.05, 0.1) is 6.10 Å². The Balaban J connectivity index is 2.12. The lowest BCUT2D eigenvalue weighted by Crippen LogP contribution is -2.41. The maximum absolute atomic E-state index is 11.0. The zero-order valence-corrected chi connectivity index (χ0v) is 11.5. The van der Waals surface area contributed by atoms with Gasteiger partial charge in [0.1, 0.15) is 13.1 Å². The van der Waals surface area contributed by atoms with Crippen LogP contribution in [0.2, 0.25) is 0 Å². The molecule has 0 bridgehead atoms. The van der Waals surface area contributed by atoms with Gasteiger partial charge in [0.2, 0.25) is 0 Å². The highest BCUT2D eigenvalue weighted by Gasteiger charge is 2.52. The van der Waals surface area contributed by atoms with Crippen molar-refractivity contribution < 1.29 is 14.3 Å². The Morgan fingerprint density at radius 3 is 2.89 bits per heavy atom. The Kier molecular flexibility index (Phi) is 4.23. The van der Waals surface area contributed by atoms with E-state index < -0.39 is 0 Å². The van der Waals surface area contributed by atoms with Crippen LogP contribution in [-0.2, 0) is 14.3 Å². The minimum absolute atomic E-state index is 0.189. The van der Waals surface area contributed by atoms with Gasteiger partial charge in [-0.2, -0.15) is 0 Å². The van der Waals surface area contributed by atoms with E-state index in [1.807, 2.05) is 0 Å². The van der Waals surface area contributed by atoms with Gasteiger partial charge in [-0.05, 0) is 48.5 Å². The molecule has 0 heterocycles. The first-order valence-corrected chi connectivity index (χ1v) is 6.88. The summed E-state index contributed by atoms with van der Waals surface area (Å²) in [6.07, 6.45) is 6.91. The molecule has 0 aromatic carbocycles. The van der Waals surface area contributed by atoms with Crippen molar-refractivity contribution in [1.29, 1.82) is 0 Å². The Morgan fingerprint density at radius 2 is 2.22 bits per heavy atom. The van der Waals surface area contributed by atoms with E-state index in [0.717, 1.165) is 31.1 Å². The summed E-state index contributed by atoms with van der Waals surface area (Å²) in [7, 11) is 1.66. The maximum atomic E-state index is 11.0. The van der Waals surface area contributed by atoms with Crippen molar-refractivity contribution in [3.63, 3.8) is 0 Å². The molecule has 0 unspecified atom stereocenters. The molecular weight excluding hydrogens is 228 g/mol. The van der Waals surface area contributed by atoms with Crippen molar-refractivity contribution in [2.75, 3.05) is 13.9 Å². The summed E-state index contributed by atoms with van der Waals surface area (Å²) < 4.78 is 10.9. The molecule has 0 aromatic heterocycles. The molecule has 2 rings (SSSR count). The van der Waals surface area contributed by atoms with E-state index >= 15 is 0 Å². The molecule has 102 valence electrons. The van der Waals surface area contributed by atoms with Crippen LogP contribution in [-0.4, -0.2) is 26.3 Å². The average molecular weight is 252 g/mol. The Bertz CT molecular complexity index is 326. The first-order chi connectivity index (χ1) is 8.63. The molecule has 4 atom stereocenters. The molecule has 2 aliphatic rings. The zero-order chi connectivity index (χ0) is 13.2.